The number of ether oxygens (including phenoxy) is 2. The maximum Gasteiger partial charge on any atom is 0.267 e. The van der Waals surface area contributed by atoms with E-state index in [-0.39, 0.29) is 5.91 Å². The third-order valence-corrected chi connectivity index (χ3v) is 5.24. The summed E-state index contributed by atoms with van der Waals surface area (Å²) in [7, 11) is 3.92. The summed E-state index contributed by atoms with van der Waals surface area (Å²) >= 11 is 1.37. The Morgan fingerprint density at radius 2 is 2.13 bits per heavy atom. The Labute approximate surface area is 140 Å². The van der Waals surface area contributed by atoms with Crippen molar-refractivity contribution in [2.75, 3.05) is 46.9 Å². The molecule has 3 heterocycles. The molecule has 2 aliphatic heterocycles. The van der Waals surface area contributed by atoms with E-state index in [9.17, 15) is 9.90 Å². The molecule has 0 radical (unpaired) electrons. The minimum Gasteiger partial charge on any atom is -0.485 e. The van der Waals surface area contributed by atoms with Crippen LogP contribution in [0.15, 0.2) is 5.38 Å². The normalized spacial score (nSPS) is 24.6. The fourth-order valence-electron chi connectivity index (χ4n) is 3.28. The van der Waals surface area contributed by atoms with Crippen LogP contribution in [0.4, 0.5) is 0 Å². The van der Waals surface area contributed by atoms with Crippen LogP contribution in [-0.2, 0) is 0 Å². The summed E-state index contributed by atoms with van der Waals surface area (Å²) in [6.07, 6.45) is 2.12. The minimum absolute atomic E-state index is 0.0177. The highest BCUT2D eigenvalue weighted by molar-refractivity contribution is 7.12. The lowest BCUT2D eigenvalue weighted by Gasteiger charge is -2.30. The van der Waals surface area contributed by atoms with Gasteiger partial charge in [0.15, 0.2) is 11.5 Å². The molecule has 1 unspecified atom stereocenters. The number of hydrogen-bond acceptors (Lipinski definition) is 6. The molecule has 1 N–H and O–H groups in total. The van der Waals surface area contributed by atoms with Gasteiger partial charge in [-0.2, -0.15) is 0 Å². The van der Waals surface area contributed by atoms with Crippen LogP contribution < -0.4 is 9.47 Å². The van der Waals surface area contributed by atoms with Crippen molar-refractivity contribution >= 4 is 17.2 Å². The number of amides is 1. The Balaban J connectivity index is 1.70. The summed E-state index contributed by atoms with van der Waals surface area (Å²) < 4.78 is 11.1. The molecule has 0 bridgehead atoms. The van der Waals surface area contributed by atoms with Gasteiger partial charge in [-0.15, -0.1) is 11.3 Å². The lowest BCUT2D eigenvalue weighted by atomic mass is 9.94. The smallest absolute Gasteiger partial charge is 0.267 e. The second-order valence-electron chi connectivity index (χ2n) is 6.56. The Kier molecular flexibility index (Phi) is 4.79. The molecule has 23 heavy (non-hydrogen) atoms. The molecule has 1 saturated heterocycles. The summed E-state index contributed by atoms with van der Waals surface area (Å²) in [5.41, 5.74) is -0.715. The van der Waals surface area contributed by atoms with Crippen molar-refractivity contribution in [1.29, 1.82) is 0 Å². The van der Waals surface area contributed by atoms with Crippen LogP contribution in [-0.4, -0.2) is 73.4 Å². The standard InChI is InChI=1S/C16H24N2O4S/c1-17(2)11-16(20)4-3-6-18(7-5-16)15(19)14-13-12(10-23-14)21-8-9-22-13/h10,20H,3-9,11H2,1-2H3. The molecule has 0 saturated carbocycles. The first-order valence-electron chi connectivity index (χ1n) is 8.02. The maximum atomic E-state index is 12.8. The van der Waals surface area contributed by atoms with Crippen LogP contribution in [0.25, 0.3) is 0 Å². The molecule has 1 aromatic rings. The van der Waals surface area contributed by atoms with Crippen LogP contribution in [0.3, 0.4) is 0 Å². The van der Waals surface area contributed by atoms with Gasteiger partial charge in [0.2, 0.25) is 0 Å². The predicted molar refractivity (Wildman–Crippen MR) is 88.6 cm³/mol. The number of likely N-dealkylation sites (N-methyl/N-ethyl adjacent to an activating group) is 1. The Bertz CT molecular complexity index is 574. The van der Waals surface area contributed by atoms with E-state index in [1.165, 1.54) is 11.3 Å². The molecule has 7 heteroatoms. The van der Waals surface area contributed by atoms with Crippen molar-refractivity contribution in [3.8, 4) is 11.5 Å². The number of carbonyl (C=O) groups excluding carboxylic acids is 1. The molecule has 1 amide bonds. The lowest BCUT2D eigenvalue weighted by molar-refractivity contribution is 0.00305. The zero-order valence-electron chi connectivity index (χ0n) is 13.7. The third kappa shape index (κ3) is 3.62. The van der Waals surface area contributed by atoms with E-state index in [0.717, 1.165) is 12.8 Å². The zero-order chi connectivity index (χ0) is 16.4. The van der Waals surface area contributed by atoms with Gasteiger partial charge in [-0.3, -0.25) is 4.79 Å². The van der Waals surface area contributed by atoms with Gasteiger partial charge in [-0.05, 0) is 33.4 Å². The van der Waals surface area contributed by atoms with Gasteiger partial charge in [-0.1, -0.05) is 0 Å². The van der Waals surface area contributed by atoms with Crippen molar-refractivity contribution in [1.82, 2.24) is 9.80 Å². The molecule has 0 spiro atoms. The zero-order valence-corrected chi connectivity index (χ0v) is 14.5. The van der Waals surface area contributed by atoms with Gasteiger partial charge in [0.05, 0.1) is 5.60 Å². The second-order valence-corrected chi connectivity index (χ2v) is 7.44. The lowest BCUT2D eigenvalue weighted by Crippen LogP contribution is -2.41. The highest BCUT2D eigenvalue weighted by atomic mass is 32.1. The van der Waals surface area contributed by atoms with Gasteiger partial charge in [-0.25, -0.2) is 0 Å². The van der Waals surface area contributed by atoms with E-state index in [1.807, 2.05) is 29.3 Å². The summed E-state index contributed by atoms with van der Waals surface area (Å²) in [5.74, 6) is 1.23. The van der Waals surface area contributed by atoms with Gasteiger partial charge < -0.3 is 24.4 Å². The summed E-state index contributed by atoms with van der Waals surface area (Å²) in [6, 6.07) is 0. The number of nitrogens with zero attached hydrogens (tertiary/aromatic N) is 2. The number of hydrogen-bond donors (Lipinski definition) is 1. The molecular formula is C16H24N2O4S. The van der Waals surface area contributed by atoms with Crippen molar-refractivity contribution in [3.05, 3.63) is 10.3 Å². The van der Waals surface area contributed by atoms with Gasteiger partial charge in [0.25, 0.3) is 5.91 Å². The van der Waals surface area contributed by atoms with E-state index in [0.29, 0.717) is 55.6 Å². The number of carbonyl (C=O) groups is 1. The van der Waals surface area contributed by atoms with Gasteiger partial charge in [0, 0.05) is 25.0 Å². The highest BCUT2D eigenvalue weighted by Crippen LogP contribution is 2.40. The largest absolute Gasteiger partial charge is 0.485 e. The van der Waals surface area contributed by atoms with Crippen molar-refractivity contribution in [2.45, 2.75) is 24.9 Å². The predicted octanol–water partition coefficient (Wildman–Crippen LogP) is 1.44. The number of thiophene rings is 1. The van der Waals surface area contributed by atoms with Crippen molar-refractivity contribution in [2.24, 2.45) is 0 Å². The highest BCUT2D eigenvalue weighted by Gasteiger charge is 2.34. The summed E-state index contributed by atoms with van der Waals surface area (Å²) in [4.78, 5) is 17.3. The molecule has 0 aliphatic carbocycles. The average Bonchev–Trinajstić information content (AvgIpc) is 2.84. The quantitative estimate of drug-likeness (QED) is 0.902. The Morgan fingerprint density at radius 1 is 1.35 bits per heavy atom. The molecule has 1 aromatic heterocycles. The van der Waals surface area contributed by atoms with E-state index >= 15 is 0 Å². The third-order valence-electron chi connectivity index (χ3n) is 4.31. The van der Waals surface area contributed by atoms with E-state index in [4.69, 9.17) is 9.47 Å². The first-order valence-corrected chi connectivity index (χ1v) is 8.90. The summed E-state index contributed by atoms with van der Waals surface area (Å²) in [5, 5.41) is 12.6. The minimum atomic E-state index is -0.715. The number of likely N-dealkylation sites (tertiary alicyclic amines) is 1. The van der Waals surface area contributed by atoms with Crippen molar-refractivity contribution < 1.29 is 19.4 Å². The number of fused-ring (bicyclic) bond motifs is 1. The molecule has 1 atom stereocenters. The average molecular weight is 340 g/mol. The molecule has 2 aliphatic rings. The summed E-state index contributed by atoms with van der Waals surface area (Å²) in [6.45, 7) is 2.87. The van der Waals surface area contributed by atoms with Crippen LogP contribution >= 0.6 is 11.3 Å². The molecule has 1 fully saturated rings. The van der Waals surface area contributed by atoms with E-state index in [1.54, 1.807) is 0 Å². The van der Waals surface area contributed by atoms with Crippen LogP contribution in [0.1, 0.15) is 28.9 Å². The van der Waals surface area contributed by atoms with Crippen LogP contribution in [0.2, 0.25) is 0 Å². The SMILES string of the molecule is CN(C)CC1(O)CCCN(C(=O)c2scc3c2OCCO3)CC1. The first-order chi connectivity index (χ1) is 11.0. The van der Waals surface area contributed by atoms with E-state index in [2.05, 4.69) is 0 Å². The monoisotopic (exact) mass is 340 g/mol. The number of aliphatic hydroxyl groups is 1. The van der Waals surface area contributed by atoms with E-state index < -0.39 is 5.60 Å². The topological polar surface area (TPSA) is 62.2 Å². The van der Waals surface area contributed by atoms with Gasteiger partial charge >= 0.3 is 0 Å². The molecule has 3 rings (SSSR count). The van der Waals surface area contributed by atoms with Gasteiger partial charge in [0.1, 0.15) is 18.1 Å². The molecule has 6 nitrogen and oxygen atoms in total. The Hall–Kier alpha value is -1.31. The van der Waals surface area contributed by atoms with Crippen LogP contribution in [0, 0.1) is 0 Å². The fourth-order valence-corrected chi connectivity index (χ4v) is 4.18. The second kappa shape index (κ2) is 6.67. The first kappa shape index (κ1) is 16.5. The molecule has 0 aromatic carbocycles. The Morgan fingerprint density at radius 3 is 2.91 bits per heavy atom. The molecular weight excluding hydrogens is 316 g/mol. The number of rotatable bonds is 3. The van der Waals surface area contributed by atoms with Crippen LogP contribution in [0.5, 0.6) is 11.5 Å². The fraction of sp³-hybridized carbons (Fsp3) is 0.688. The maximum absolute atomic E-state index is 12.8. The molecule has 128 valence electrons. The van der Waals surface area contributed by atoms with Crippen molar-refractivity contribution in [3.63, 3.8) is 0 Å².